The number of nitrogens with one attached hydrogen (secondary N) is 1. The maximum Gasteiger partial charge on any atom is 0.420 e. The molecule has 8 nitrogen and oxygen atoms in total. The van der Waals surface area contributed by atoms with Gasteiger partial charge in [0.25, 0.3) is 0 Å². The molecule has 1 aliphatic rings. The van der Waals surface area contributed by atoms with Gasteiger partial charge in [-0.25, -0.2) is 4.79 Å². The van der Waals surface area contributed by atoms with Crippen molar-refractivity contribution in [3.63, 3.8) is 0 Å². The van der Waals surface area contributed by atoms with Gasteiger partial charge in [0.1, 0.15) is 12.3 Å². The number of anilines is 1. The van der Waals surface area contributed by atoms with Gasteiger partial charge < -0.3 is 19.4 Å². The molecule has 172 valence electrons. The summed E-state index contributed by atoms with van der Waals surface area (Å²) in [5, 5.41) is 2.79. The number of aromatic nitrogens is 1. The van der Waals surface area contributed by atoms with Gasteiger partial charge in [-0.05, 0) is 62.6 Å². The number of benzene rings is 2. The lowest BCUT2D eigenvalue weighted by Crippen LogP contribution is -2.39. The number of nitrogens with zero attached hydrogens (tertiary/aromatic N) is 2. The summed E-state index contributed by atoms with van der Waals surface area (Å²) in [7, 11) is 1.58. The molecule has 1 saturated heterocycles. The standard InChI is InChI=1S/C25H27N3O5/c1-17-6-9-21(32-2)18(14-17)7-11-23(29)26-19-8-10-22-20(15-19)28(25(31)33-22)16-24(30)27-12-4-3-5-13-27/h6-11,14-15H,3-5,12-13,16H2,1-2H3,(H,26,29). The number of methoxy groups -OCH3 is 1. The van der Waals surface area contributed by atoms with Crippen molar-refractivity contribution >= 4 is 34.7 Å². The van der Waals surface area contributed by atoms with Crippen LogP contribution in [-0.4, -0.2) is 41.5 Å². The predicted octanol–water partition coefficient (Wildman–Crippen LogP) is 3.58. The van der Waals surface area contributed by atoms with Crippen LogP contribution in [0.5, 0.6) is 5.75 Å². The molecule has 2 amide bonds. The quantitative estimate of drug-likeness (QED) is 0.581. The van der Waals surface area contributed by atoms with E-state index >= 15 is 0 Å². The van der Waals surface area contributed by atoms with E-state index < -0.39 is 5.76 Å². The highest BCUT2D eigenvalue weighted by Gasteiger charge is 2.20. The van der Waals surface area contributed by atoms with E-state index in [-0.39, 0.29) is 18.4 Å². The minimum absolute atomic E-state index is 0.0870. The van der Waals surface area contributed by atoms with E-state index in [2.05, 4.69) is 5.32 Å². The Bertz CT molecular complexity index is 1260. The molecule has 2 heterocycles. The lowest BCUT2D eigenvalue weighted by Gasteiger charge is -2.26. The Labute approximate surface area is 191 Å². The van der Waals surface area contributed by atoms with Crippen molar-refractivity contribution in [1.82, 2.24) is 9.47 Å². The third-order valence-corrected chi connectivity index (χ3v) is 5.74. The van der Waals surface area contributed by atoms with Crippen molar-refractivity contribution in [2.75, 3.05) is 25.5 Å². The molecule has 2 aromatic carbocycles. The second-order valence-electron chi connectivity index (χ2n) is 8.15. The van der Waals surface area contributed by atoms with Crippen molar-refractivity contribution < 1.29 is 18.7 Å². The number of ether oxygens (including phenoxy) is 1. The number of hydrogen-bond donors (Lipinski definition) is 1. The van der Waals surface area contributed by atoms with Crippen molar-refractivity contribution in [2.45, 2.75) is 32.7 Å². The minimum atomic E-state index is -0.592. The van der Waals surface area contributed by atoms with E-state index in [0.29, 0.717) is 35.6 Å². The molecule has 4 rings (SSSR count). The number of hydrogen-bond acceptors (Lipinski definition) is 5. The topological polar surface area (TPSA) is 93.8 Å². The van der Waals surface area contributed by atoms with Gasteiger partial charge >= 0.3 is 5.76 Å². The monoisotopic (exact) mass is 449 g/mol. The van der Waals surface area contributed by atoms with Crippen LogP contribution in [0.3, 0.4) is 0 Å². The second kappa shape index (κ2) is 9.77. The van der Waals surface area contributed by atoms with E-state index in [4.69, 9.17) is 9.15 Å². The molecule has 33 heavy (non-hydrogen) atoms. The average Bonchev–Trinajstić information content (AvgIpc) is 3.12. The van der Waals surface area contributed by atoms with Gasteiger partial charge in [0.15, 0.2) is 5.58 Å². The highest BCUT2D eigenvalue weighted by molar-refractivity contribution is 6.03. The molecule has 0 saturated carbocycles. The molecule has 0 spiro atoms. The third kappa shape index (κ3) is 5.16. The van der Waals surface area contributed by atoms with E-state index in [1.807, 2.05) is 25.1 Å². The first-order valence-electron chi connectivity index (χ1n) is 11.0. The molecule has 1 aromatic heterocycles. The molecule has 3 aromatic rings. The molecule has 1 aliphatic heterocycles. The van der Waals surface area contributed by atoms with Crippen LogP contribution in [0.2, 0.25) is 0 Å². The van der Waals surface area contributed by atoms with Crippen molar-refractivity contribution in [2.24, 2.45) is 0 Å². The number of carbonyl (C=O) groups is 2. The lowest BCUT2D eigenvalue weighted by molar-refractivity contribution is -0.132. The Morgan fingerprint density at radius 2 is 1.91 bits per heavy atom. The summed E-state index contributed by atoms with van der Waals surface area (Å²) < 4.78 is 11.9. The van der Waals surface area contributed by atoms with Gasteiger partial charge in [-0.2, -0.15) is 0 Å². The van der Waals surface area contributed by atoms with Crippen LogP contribution in [-0.2, 0) is 16.1 Å². The van der Waals surface area contributed by atoms with Crippen LogP contribution in [0, 0.1) is 6.92 Å². The second-order valence-corrected chi connectivity index (χ2v) is 8.15. The van der Waals surface area contributed by atoms with Crippen molar-refractivity contribution in [3.8, 4) is 5.75 Å². The Morgan fingerprint density at radius 3 is 2.67 bits per heavy atom. The Morgan fingerprint density at radius 1 is 1.12 bits per heavy atom. The molecule has 0 bridgehead atoms. The van der Waals surface area contributed by atoms with Gasteiger partial charge in [0.2, 0.25) is 11.8 Å². The third-order valence-electron chi connectivity index (χ3n) is 5.74. The minimum Gasteiger partial charge on any atom is -0.496 e. The molecule has 0 radical (unpaired) electrons. The smallest absolute Gasteiger partial charge is 0.420 e. The Balaban J connectivity index is 1.51. The number of piperidine rings is 1. The normalized spacial score (nSPS) is 14.1. The number of carbonyl (C=O) groups excluding carboxylic acids is 2. The number of fused-ring (bicyclic) bond motifs is 1. The fourth-order valence-corrected chi connectivity index (χ4v) is 4.00. The zero-order chi connectivity index (χ0) is 23.4. The zero-order valence-corrected chi connectivity index (χ0v) is 18.8. The average molecular weight is 450 g/mol. The van der Waals surface area contributed by atoms with Crippen LogP contribution in [0.4, 0.5) is 5.69 Å². The summed E-state index contributed by atoms with van der Waals surface area (Å²) in [4.78, 5) is 39.3. The number of likely N-dealkylation sites (tertiary alicyclic amines) is 1. The van der Waals surface area contributed by atoms with Gasteiger partial charge in [0, 0.05) is 30.4 Å². The first-order valence-corrected chi connectivity index (χ1v) is 11.0. The van der Waals surface area contributed by atoms with Crippen molar-refractivity contribution in [1.29, 1.82) is 0 Å². The van der Waals surface area contributed by atoms with Crippen molar-refractivity contribution in [3.05, 3.63) is 64.2 Å². The largest absolute Gasteiger partial charge is 0.496 e. The summed E-state index contributed by atoms with van der Waals surface area (Å²) in [5.74, 6) is -0.360. The van der Waals surface area contributed by atoms with Crippen LogP contribution in [0.15, 0.2) is 51.7 Å². The van der Waals surface area contributed by atoms with Crippen LogP contribution >= 0.6 is 0 Å². The summed E-state index contributed by atoms with van der Waals surface area (Å²) in [6, 6.07) is 10.6. The number of rotatable bonds is 6. The summed E-state index contributed by atoms with van der Waals surface area (Å²) in [6.07, 6.45) is 6.18. The predicted molar refractivity (Wildman–Crippen MR) is 126 cm³/mol. The van der Waals surface area contributed by atoms with E-state index in [1.54, 1.807) is 36.3 Å². The van der Waals surface area contributed by atoms with Gasteiger partial charge in [-0.3, -0.25) is 14.2 Å². The number of aryl methyl sites for hydroxylation is 1. The highest BCUT2D eigenvalue weighted by atomic mass is 16.5. The lowest BCUT2D eigenvalue weighted by atomic mass is 10.1. The maximum absolute atomic E-state index is 12.7. The molecule has 1 fully saturated rings. The van der Waals surface area contributed by atoms with E-state index in [0.717, 1.165) is 30.4 Å². The van der Waals surface area contributed by atoms with E-state index in [9.17, 15) is 14.4 Å². The van der Waals surface area contributed by atoms with Gasteiger partial charge in [-0.1, -0.05) is 11.6 Å². The number of amides is 2. The molecular weight excluding hydrogens is 422 g/mol. The van der Waals surface area contributed by atoms with Crippen LogP contribution in [0.1, 0.15) is 30.4 Å². The highest BCUT2D eigenvalue weighted by Crippen LogP contribution is 2.22. The fraction of sp³-hybridized carbons (Fsp3) is 0.320. The Hall–Kier alpha value is -3.81. The summed E-state index contributed by atoms with van der Waals surface area (Å²) in [5.41, 5.74) is 3.17. The first-order chi connectivity index (χ1) is 15.9. The molecular formula is C25H27N3O5. The molecule has 0 unspecified atom stereocenters. The van der Waals surface area contributed by atoms with Crippen LogP contribution in [0.25, 0.3) is 17.2 Å². The molecule has 8 heteroatoms. The molecule has 0 aliphatic carbocycles. The number of oxazole rings is 1. The fourth-order valence-electron chi connectivity index (χ4n) is 4.00. The SMILES string of the molecule is COc1ccc(C)cc1C=CC(=O)Nc1ccc2oc(=O)n(CC(=O)N3CCCCC3)c2c1. The summed E-state index contributed by atoms with van der Waals surface area (Å²) >= 11 is 0. The Kier molecular flexibility index (Phi) is 6.63. The maximum atomic E-state index is 12.7. The first kappa shape index (κ1) is 22.4. The van der Waals surface area contributed by atoms with E-state index in [1.165, 1.54) is 10.6 Å². The summed E-state index contributed by atoms with van der Waals surface area (Å²) in [6.45, 7) is 3.30. The molecule has 1 N–H and O–H groups in total. The van der Waals surface area contributed by atoms with Gasteiger partial charge in [0.05, 0.1) is 12.6 Å². The molecule has 0 atom stereocenters. The van der Waals surface area contributed by atoms with Gasteiger partial charge in [-0.15, -0.1) is 0 Å². The van der Waals surface area contributed by atoms with Crippen LogP contribution < -0.4 is 15.8 Å². The zero-order valence-electron chi connectivity index (χ0n) is 18.8.